The SMILES string of the molecule is COc1cccc(C(NC(=O)c2ccc(NC(=O)c3ccco3)cc2)c2nccn2C)c1. The van der Waals surface area contributed by atoms with Crippen LogP contribution in [0.2, 0.25) is 0 Å². The summed E-state index contributed by atoms with van der Waals surface area (Å²) in [4.78, 5) is 29.6. The van der Waals surface area contributed by atoms with Gasteiger partial charge in [-0.15, -0.1) is 0 Å². The number of furan rings is 1. The highest BCUT2D eigenvalue weighted by Gasteiger charge is 2.22. The van der Waals surface area contributed by atoms with Crippen LogP contribution in [0.3, 0.4) is 0 Å². The summed E-state index contributed by atoms with van der Waals surface area (Å²) in [6, 6.07) is 16.9. The molecule has 0 aliphatic carbocycles. The molecule has 0 aliphatic heterocycles. The quantitative estimate of drug-likeness (QED) is 0.465. The number of anilines is 1. The average Bonchev–Trinajstić information content (AvgIpc) is 3.50. The number of carbonyl (C=O) groups excluding carboxylic acids is 2. The van der Waals surface area contributed by atoms with Crippen molar-refractivity contribution < 1.29 is 18.7 Å². The molecule has 0 spiro atoms. The summed E-state index contributed by atoms with van der Waals surface area (Å²) < 4.78 is 12.3. The highest BCUT2D eigenvalue weighted by Crippen LogP contribution is 2.25. The minimum atomic E-state index is -0.476. The Hall–Kier alpha value is -4.33. The summed E-state index contributed by atoms with van der Waals surface area (Å²) in [5.74, 6) is 0.953. The highest BCUT2D eigenvalue weighted by molar-refractivity contribution is 6.02. The van der Waals surface area contributed by atoms with Crippen LogP contribution in [0.25, 0.3) is 0 Å². The first-order valence-corrected chi connectivity index (χ1v) is 9.92. The Morgan fingerprint density at radius 1 is 1.06 bits per heavy atom. The van der Waals surface area contributed by atoms with E-state index in [1.54, 1.807) is 49.7 Å². The number of hydrogen-bond donors (Lipinski definition) is 2. The van der Waals surface area contributed by atoms with Crippen LogP contribution in [0.15, 0.2) is 83.7 Å². The summed E-state index contributed by atoms with van der Waals surface area (Å²) >= 11 is 0. The van der Waals surface area contributed by atoms with Gasteiger partial charge in [0.2, 0.25) is 0 Å². The van der Waals surface area contributed by atoms with Gasteiger partial charge in [-0.25, -0.2) is 4.98 Å². The molecule has 32 heavy (non-hydrogen) atoms. The molecule has 2 heterocycles. The van der Waals surface area contributed by atoms with Crippen LogP contribution in [0, 0.1) is 0 Å². The van der Waals surface area contributed by atoms with Gasteiger partial charge < -0.3 is 24.4 Å². The number of rotatable bonds is 7. The van der Waals surface area contributed by atoms with Crippen LogP contribution in [-0.4, -0.2) is 28.5 Å². The highest BCUT2D eigenvalue weighted by atomic mass is 16.5. The van der Waals surface area contributed by atoms with E-state index in [0.717, 1.165) is 5.56 Å². The fourth-order valence-electron chi connectivity index (χ4n) is 3.29. The van der Waals surface area contributed by atoms with E-state index in [1.807, 2.05) is 42.1 Å². The number of methoxy groups -OCH3 is 1. The second kappa shape index (κ2) is 9.22. The van der Waals surface area contributed by atoms with Gasteiger partial charge in [-0.2, -0.15) is 0 Å². The van der Waals surface area contributed by atoms with Crippen molar-refractivity contribution in [1.82, 2.24) is 14.9 Å². The van der Waals surface area contributed by atoms with Crippen molar-refractivity contribution in [1.29, 1.82) is 0 Å². The molecule has 0 aliphatic rings. The first kappa shape index (κ1) is 20.9. The summed E-state index contributed by atoms with van der Waals surface area (Å²) in [5.41, 5.74) is 1.84. The molecule has 0 fully saturated rings. The van der Waals surface area contributed by atoms with E-state index >= 15 is 0 Å². The van der Waals surface area contributed by atoms with Crippen LogP contribution >= 0.6 is 0 Å². The molecule has 0 saturated heterocycles. The van der Waals surface area contributed by atoms with E-state index in [4.69, 9.17) is 9.15 Å². The Labute approximate surface area is 184 Å². The van der Waals surface area contributed by atoms with Crippen molar-refractivity contribution in [3.8, 4) is 5.75 Å². The van der Waals surface area contributed by atoms with E-state index in [-0.39, 0.29) is 17.6 Å². The first-order valence-electron chi connectivity index (χ1n) is 9.92. The average molecular weight is 430 g/mol. The summed E-state index contributed by atoms with van der Waals surface area (Å²) in [6.45, 7) is 0. The smallest absolute Gasteiger partial charge is 0.291 e. The fourth-order valence-corrected chi connectivity index (χ4v) is 3.29. The number of amides is 2. The van der Waals surface area contributed by atoms with Gasteiger partial charge in [0.15, 0.2) is 5.76 Å². The Balaban J connectivity index is 1.53. The first-order chi connectivity index (χ1) is 15.5. The minimum absolute atomic E-state index is 0.211. The number of aryl methyl sites for hydroxylation is 1. The second-order valence-corrected chi connectivity index (χ2v) is 7.09. The zero-order chi connectivity index (χ0) is 22.5. The van der Waals surface area contributed by atoms with E-state index in [2.05, 4.69) is 15.6 Å². The lowest BCUT2D eigenvalue weighted by Gasteiger charge is -2.20. The molecule has 1 atom stereocenters. The molecule has 8 heteroatoms. The largest absolute Gasteiger partial charge is 0.497 e. The van der Waals surface area contributed by atoms with Crippen LogP contribution in [0.5, 0.6) is 5.75 Å². The third kappa shape index (κ3) is 4.54. The normalized spacial score (nSPS) is 11.6. The molecule has 0 radical (unpaired) electrons. The van der Waals surface area contributed by atoms with Gasteiger partial charge in [-0.1, -0.05) is 12.1 Å². The molecule has 0 saturated carbocycles. The third-order valence-corrected chi connectivity index (χ3v) is 4.97. The topological polar surface area (TPSA) is 98.4 Å². The molecule has 2 aromatic carbocycles. The van der Waals surface area contributed by atoms with Crippen molar-refractivity contribution in [3.63, 3.8) is 0 Å². The van der Waals surface area contributed by atoms with Crippen LogP contribution in [0.4, 0.5) is 5.69 Å². The molecule has 2 N–H and O–H groups in total. The summed E-state index contributed by atoms with van der Waals surface area (Å²) in [6.07, 6.45) is 4.94. The van der Waals surface area contributed by atoms with Crippen LogP contribution in [0.1, 0.15) is 38.3 Å². The molecule has 2 aromatic heterocycles. The van der Waals surface area contributed by atoms with Gasteiger partial charge in [0.1, 0.15) is 17.6 Å². The molecule has 1 unspecified atom stereocenters. The van der Waals surface area contributed by atoms with Crippen molar-refractivity contribution in [2.45, 2.75) is 6.04 Å². The van der Waals surface area contributed by atoms with Crippen LogP contribution < -0.4 is 15.4 Å². The Bertz CT molecular complexity index is 1210. The third-order valence-electron chi connectivity index (χ3n) is 4.97. The zero-order valence-corrected chi connectivity index (χ0v) is 17.6. The monoisotopic (exact) mass is 430 g/mol. The van der Waals surface area contributed by atoms with Crippen molar-refractivity contribution in [3.05, 3.63) is 102 Å². The van der Waals surface area contributed by atoms with E-state index in [1.165, 1.54) is 6.26 Å². The Morgan fingerprint density at radius 2 is 1.88 bits per heavy atom. The van der Waals surface area contributed by atoms with Crippen molar-refractivity contribution in [2.75, 3.05) is 12.4 Å². The molecule has 4 aromatic rings. The summed E-state index contributed by atoms with van der Waals surface area (Å²) in [5, 5.41) is 5.77. The molecule has 162 valence electrons. The van der Waals surface area contributed by atoms with Crippen molar-refractivity contribution >= 4 is 17.5 Å². The molecule has 4 rings (SSSR count). The Kier molecular flexibility index (Phi) is 6.03. The number of hydrogen-bond acceptors (Lipinski definition) is 5. The summed E-state index contributed by atoms with van der Waals surface area (Å²) in [7, 11) is 3.47. The second-order valence-electron chi connectivity index (χ2n) is 7.09. The molecular formula is C24H22N4O4. The Morgan fingerprint density at radius 3 is 2.53 bits per heavy atom. The van der Waals surface area contributed by atoms with Gasteiger partial charge in [0.05, 0.1) is 13.4 Å². The van der Waals surface area contributed by atoms with Gasteiger partial charge >= 0.3 is 0 Å². The lowest BCUT2D eigenvalue weighted by Crippen LogP contribution is -2.31. The maximum absolute atomic E-state index is 13.0. The number of carbonyl (C=O) groups is 2. The lowest BCUT2D eigenvalue weighted by atomic mass is 10.0. The van der Waals surface area contributed by atoms with E-state index in [0.29, 0.717) is 22.8 Å². The number of nitrogens with one attached hydrogen (secondary N) is 2. The number of ether oxygens (including phenoxy) is 1. The minimum Gasteiger partial charge on any atom is -0.497 e. The molecular weight excluding hydrogens is 408 g/mol. The molecule has 2 amide bonds. The van der Waals surface area contributed by atoms with Gasteiger partial charge in [-0.05, 0) is 54.1 Å². The zero-order valence-electron chi connectivity index (χ0n) is 17.6. The van der Waals surface area contributed by atoms with E-state index in [9.17, 15) is 9.59 Å². The van der Waals surface area contributed by atoms with Gasteiger partial charge in [0.25, 0.3) is 11.8 Å². The van der Waals surface area contributed by atoms with Crippen molar-refractivity contribution in [2.24, 2.45) is 7.05 Å². The van der Waals surface area contributed by atoms with Gasteiger partial charge in [-0.3, -0.25) is 9.59 Å². The molecule has 0 bridgehead atoms. The molecule has 8 nitrogen and oxygen atoms in total. The predicted molar refractivity (Wildman–Crippen MR) is 119 cm³/mol. The number of nitrogens with zero attached hydrogens (tertiary/aromatic N) is 2. The van der Waals surface area contributed by atoms with Gasteiger partial charge in [0, 0.05) is 30.7 Å². The predicted octanol–water partition coefficient (Wildman–Crippen LogP) is 3.79. The maximum atomic E-state index is 13.0. The number of benzene rings is 2. The lowest BCUT2D eigenvalue weighted by molar-refractivity contribution is 0.0940. The number of imidazole rings is 1. The number of aromatic nitrogens is 2. The van der Waals surface area contributed by atoms with E-state index < -0.39 is 6.04 Å². The van der Waals surface area contributed by atoms with Crippen LogP contribution in [-0.2, 0) is 7.05 Å². The fraction of sp³-hybridized carbons (Fsp3) is 0.125. The maximum Gasteiger partial charge on any atom is 0.291 e. The standard InChI is InChI=1S/C24H22N4O4/c1-28-13-12-25-22(28)21(17-5-3-6-19(15-17)31-2)27-23(29)16-8-10-18(11-9-16)26-24(30)20-7-4-14-32-20/h3-15,21H,1-2H3,(H,26,30)(H,27,29).